The number of hydrogen-bond acceptors (Lipinski definition) is 5. The maximum absolute atomic E-state index is 10.1. The molecule has 0 radical (unpaired) electrons. The molecule has 2 aromatic rings. The monoisotopic (exact) mass is 408 g/mol. The Labute approximate surface area is 180 Å². The third kappa shape index (κ3) is 3.61. The minimum atomic E-state index is 0.0503. The number of anilines is 1. The van der Waals surface area contributed by atoms with Crippen molar-refractivity contribution in [2.24, 2.45) is 11.8 Å². The van der Waals surface area contributed by atoms with Crippen LogP contribution in [0.25, 0.3) is 10.9 Å². The van der Waals surface area contributed by atoms with Crippen LogP contribution in [0.2, 0.25) is 0 Å². The Morgan fingerprint density at radius 3 is 2.77 bits per heavy atom. The summed E-state index contributed by atoms with van der Waals surface area (Å²) >= 11 is 0. The zero-order valence-corrected chi connectivity index (χ0v) is 18.7. The molecular weight excluding hydrogens is 372 g/mol. The number of likely N-dealkylation sites (N-methyl/N-ethyl adjacent to an activating group) is 1. The number of piperidine rings is 3. The predicted molar refractivity (Wildman–Crippen MR) is 123 cm³/mol. The highest BCUT2D eigenvalue weighted by molar-refractivity contribution is 5.82. The van der Waals surface area contributed by atoms with Gasteiger partial charge >= 0.3 is 0 Å². The summed E-state index contributed by atoms with van der Waals surface area (Å²) < 4.78 is 0. The highest BCUT2D eigenvalue weighted by Crippen LogP contribution is 2.42. The molecular formula is C25H36N4O. The number of fused-ring (bicyclic) bond motifs is 5. The summed E-state index contributed by atoms with van der Waals surface area (Å²) in [5.41, 5.74) is 3.25. The van der Waals surface area contributed by atoms with Gasteiger partial charge < -0.3 is 14.9 Å². The number of aliphatic hydroxyl groups is 1. The summed E-state index contributed by atoms with van der Waals surface area (Å²) in [6.07, 6.45) is 5.40. The summed E-state index contributed by atoms with van der Waals surface area (Å²) in [5, 5.41) is 11.3. The molecule has 3 fully saturated rings. The minimum absolute atomic E-state index is 0.0503. The molecule has 3 saturated heterocycles. The fourth-order valence-corrected chi connectivity index (χ4v) is 6.41. The molecule has 5 heteroatoms. The number of nitrogens with zero attached hydrogens (tertiary/aromatic N) is 4. The van der Waals surface area contributed by atoms with Gasteiger partial charge in [0.05, 0.1) is 12.1 Å². The first-order valence-electron chi connectivity index (χ1n) is 11.7. The van der Waals surface area contributed by atoms with E-state index in [9.17, 15) is 5.11 Å². The second-order valence-corrected chi connectivity index (χ2v) is 10.1. The smallest absolute Gasteiger partial charge is 0.134 e. The van der Waals surface area contributed by atoms with Gasteiger partial charge in [-0.1, -0.05) is 18.6 Å². The van der Waals surface area contributed by atoms with E-state index in [1.807, 2.05) is 0 Å². The Morgan fingerprint density at radius 2 is 1.97 bits per heavy atom. The minimum Gasteiger partial charge on any atom is -0.392 e. The van der Waals surface area contributed by atoms with Crippen LogP contribution in [0.5, 0.6) is 0 Å². The van der Waals surface area contributed by atoms with Crippen LogP contribution in [0.15, 0.2) is 24.3 Å². The molecule has 2 bridgehead atoms. The van der Waals surface area contributed by atoms with Crippen molar-refractivity contribution in [2.75, 3.05) is 45.2 Å². The number of aryl methyl sites for hydroxylation is 1. The van der Waals surface area contributed by atoms with Crippen LogP contribution in [0.1, 0.15) is 36.8 Å². The maximum Gasteiger partial charge on any atom is 0.134 e. The summed E-state index contributed by atoms with van der Waals surface area (Å²) in [7, 11) is 4.42. The van der Waals surface area contributed by atoms with E-state index in [1.165, 1.54) is 37.8 Å². The standard InChI is InChI=1S/C25H36N4O/c1-17-7-8-18-11-21(16-30)25(26-22(18)10-17)28-13-19-12-20(14-28)24(15-27(2)3)29-9-5-4-6-23(19)29/h7-8,10-11,19-20,23-24,30H,4-6,9,12-16H2,1-3H3/t19-,20+,23+,24+/m1/s1. The molecule has 0 amide bonds. The average Bonchev–Trinajstić information content (AvgIpc) is 2.75. The number of pyridine rings is 1. The van der Waals surface area contributed by atoms with Gasteiger partial charge in [-0.3, -0.25) is 4.90 Å². The van der Waals surface area contributed by atoms with Crippen LogP contribution < -0.4 is 4.90 Å². The van der Waals surface area contributed by atoms with E-state index < -0.39 is 0 Å². The summed E-state index contributed by atoms with van der Waals surface area (Å²) in [6, 6.07) is 9.90. The molecule has 30 heavy (non-hydrogen) atoms. The highest BCUT2D eigenvalue weighted by Gasteiger charge is 2.47. The Balaban J connectivity index is 1.50. The Kier molecular flexibility index (Phi) is 5.46. The second-order valence-electron chi connectivity index (χ2n) is 10.1. The molecule has 1 N–H and O–H groups in total. The number of aromatic nitrogens is 1. The molecule has 5 rings (SSSR count). The topological polar surface area (TPSA) is 42.8 Å². The van der Waals surface area contributed by atoms with E-state index in [1.54, 1.807) is 0 Å². The molecule has 0 spiro atoms. The maximum atomic E-state index is 10.1. The fraction of sp³-hybridized carbons (Fsp3) is 0.640. The van der Waals surface area contributed by atoms with E-state index in [-0.39, 0.29) is 6.61 Å². The molecule has 3 aliphatic rings. The van der Waals surface area contributed by atoms with Gasteiger partial charge in [0, 0.05) is 42.7 Å². The van der Waals surface area contributed by atoms with E-state index in [0.29, 0.717) is 23.9 Å². The van der Waals surface area contributed by atoms with Gasteiger partial charge in [0.1, 0.15) is 5.82 Å². The SMILES string of the molecule is Cc1ccc2cc(CO)c(N3C[C@H]4C[C@@H](C3)[C@H](CN(C)C)N3CCCC[C@@H]43)nc2c1. The quantitative estimate of drug-likeness (QED) is 0.841. The third-order valence-corrected chi connectivity index (χ3v) is 7.67. The lowest BCUT2D eigenvalue weighted by Crippen LogP contribution is -2.65. The van der Waals surface area contributed by atoms with Crippen molar-refractivity contribution < 1.29 is 5.11 Å². The largest absolute Gasteiger partial charge is 0.392 e. The molecule has 5 nitrogen and oxygen atoms in total. The fourth-order valence-electron chi connectivity index (χ4n) is 6.41. The van der Waals surface area contributed by atoms with Crippen LogP contribution in [-0.4, -0.2) is 72.2 Å². The lowest BCUT2D eigenvalue weighted by Gasteiger charge is -2.57. The first-order chi connectivity index (χ1) is 14.5. The predicted octanol–water partition coefficient (Wildman–Crippen LogP) is 3.28. The molecule has 4 atom stereocenters. The second kappa shape index (κ2) is 8.10. The normalized spacial score (nSPS) is 29.4. The van der Waals surface area contributed by atoms with Gasteiger partial charge in [-0.25, -0.2) is 4.98 Å². The van der Waals surface area contributed by atoms with E-state index in [2.05, 4.69) is 60.0 Å². The van der Waals surface area contributed by atoms with E-state index in [0.717, 1.165) is 41.9 Å². The van der Waals surface area contributed by atoms with Gasteiger partial charge in [-0.15, -0.1) is 0 Å². The molecule has 3 aliphatic heterocycles. The van der Waals surface area contributed by atoms with Crippen LogP contribution in [0.4, 0.5) is 5.82 Å². The van der Waals surface area contributed by atoms with Crippen molar-refractivity contribution in [2.45, 2.75) is 51.3 Å². The summed E-state index contributed by atoms with van der Waals surface area (Å²) in [6.45, 7) is 6.70. The van der Waals surface area contributed by atoms with Gasteiger partial charge in [0.25, 0.3) is 0 Å². The van der Waals surface area contributed by atoms with Crippen LogP contribution >= 0.6 is 0 Å². The molecule has 0 saturated carbocycles. The Morgan fingerprint density at radius 1 is 1.13 bits per heavy atom. The van der Waals surface area contributed by atoms with E-state index >= 15 is 0 Å². The van der Waals surface area contributed by atoms with Crippen molar-refractivity contribution in [1.82, 2.24) is 14.8 Å². The van der Waals surface area contributed by atoms with Crippen molar-refractivity contribution >= 4 is 16.7 Å². The Bertz CT molecular complexity index is 913. The molecule has 1 aromatic heterocycles. The molecule has 162 valence electrons. The third-order valence-electron chi connectivity index (χ3n) is 7.67. The van der Waals surface area contributed by atoms with Crippen molar-refractivity contribution in [3.63, 3.8) is 0 Å². The summed E-state index contributed by atoms with van der Waals surface area (Å²) in [5.74, 6) is 2.39. The molecule has 1 aromatic carbocycles. The van der Waals surface area contributed by atoms with Crippen molar-refractivity contribution in [1.29, 1.82) is 0 Å². The summed E-state index contributed by atoms with van der Waals surface area (Å²) in [4.78, 5) is 12.8. The molecule has 0 aliphatic carbocycles. The zero-order valence-electron chi connectivity index (χ0n) is 18.7. The number of aliphatic hydroxyl groups excluding tert-OH is 1. The average molecular weight is 409 g/mol. The van der Waals surface area contributed by atoms with Gasteiger partial charge in [-0.05, 0) is 76.4 Å². The van der Waals surface area contributed by atoms with Crippen LogP contribution in [0, 0.1) is 18.8 Å². The lowest BCUT2D eigenvalue weighted by atomic mass is 9.72. The zero-order chi connectivity index (χ0) is 20.8. The van der Waals surface area contributed by atoms with Crippen molar-refractivity contribution in [3.8, 4) is 0 Å². The van der Waals surface area contributed by atoms with Gasteiger partial charge in [-0.2, -0.15) is 0 Å². The number of hydrogen-bond donors (Lipinski definition) is 1. The van der Waals surface area contributed by atoms with Crippen LogP contribution in [-0.2, 0) is 6.61 Å². The number of benzene rings is 1. The first-order valence-corrected chi connectivity index (χ1v) is 11.7. The highest BCUT2D eigenvalue weighted by atomic mass is 16.3. The van der Waals surface area contributed by atoms with Gasteiger partial charge in [0.15, 0.2) is 0 Å². The van der Waals surface area contributed by atoms with Gasteiger partial charge in [0.2, 0.25) is 0 Å². The first kappa shape index (κ1) is 20.2. The lowest BCUT2D eigenvalue weighted by molar-refractivity contribution is -0.0400. The van der Waals surface area contributed by atoms with Crippen LogP contribution in [0.3, 0.4) is 0 Å². The number of rotatable bonds is 4. The Hall–Kier alpha value is -1.69. The van der Waals surface area contributed by atoms with Crippen molar-refractivity contribution in [3.05, 3.63) is 35.4 Å². The van der Waals surface area contributed by atoms with E-state index in [4.69, 9.17) is 4.98 Å². The molecule has 4 heterocycles. The molecule has 0 unspecified atom stereocenters.